The summed E-state index contributed by atoms with van der Waals surface area (Å²) in [6, 6.07) is 13.2. The zero-order chi connectivity index (χ0) is 19.4. The number of para-hydroxylation sites is 1. The number of hydrogen-bond donors (Lipinski definition) is 2. The number of fused-ring (bicyclic) bond motifs is 1. The maximum absolute atomic E-state index is 12.4. The van der Waals surface area contributed by atoms with Crippen molar-refractivity contribution in [1.82, 2.24) is 4.98 Å². The molecule has 1 amide bonds. The van der Waals surface area contributed by atoms with Gasteiger partial charge in [0.25, 0.3) is 5.91 Å². The maximum Gasteiger partial charge on any atom is 0.311 e. The minimum atomic E-state index is -0.923. The van der Waals surface area contributed by atoms with E-state index >= 15 is 0 Å². The number of amides is 1. The van der Waals surface area contributed by atoms with Gasteiger partial charge in [0.15, 0.2) is 6.10 Å². The van der Waals surface area contributed by atoms with Crippen LogP contribution in [-0.2, 0) is 20.7 Å². The van der Waals surface area contributed by atoms with E-state index in [4.69, 9.17) is 9.47 Å². The molecule has 140 valence electrons. The number of carbonyl (C=O) groups is 2. The second-order valence-corrected chi connectivity index (χ2v) is 6.36. The molecule has 1 atom stereocenters. The molecule has 0 aliphatic rings. The molecule has 27 heavy (non-hydrogen) atoms. The number of aromatic nitrogens is 1. The Bertz CT molecular complexity index is 977. The lowest BCUT2D eigenvalue weighted by molar-refractivity contribution is -0.152. The van der Waals surface area contributed by atoms with Gasteiger partial charge in [0.2, 0.25) is 0 Å². The van der Waals surface area contributed by atoms with Gasteiger partial charge >= 0.3 is 5.97 Å². The van der Waals surface area contributed by atoms with Crippen molar-refractivity contribution in [1.29, 1.82) is 0 Å². The lowest BCUT2D eigenvalue weighted by Gasteiger charge is -2.15. The normalized spacial score (nSPS) is 11.8. The molecule has 1 heterocycles. The third-order valence-electron chi connectivity index (χ3n) is 4.30. The van der Waals surface area contributed by atoms with E-state index in [1.807, 2.05) is 37.3 Å². The predicted molar refractivity (Wildman–Crippen MR) is 104 cm³/mol. The molecule has 2 N–H and O–H groups in total. The smallest absolute Gasteiger partial charge is 0.311 e. The van der Waals surface area contributed by atoms with Crippen molar-refractivity contribution in [2.75, 3.05) is 12.4 Å². The highest BCUT2D eigenvalue weighted by molar-refractivity contribution is 5.96. The Kier molecular flexibility index (Phi) is 5.45. The van der Waals surface area contributed by atoms with Crippen LogP contribution >= 0.6 is 0 Å². The Hall–Kier alpha value is -3.28. The summed E-state index contributed by atoms with van der Waals surface area (Å²) in [6.45, 7) is 3.46. The topological polar surface area (TPSA) is 80.4 Å². The number of H-pyrrole nitrogens is 1. The number of ether oxygens (including phenoxy) is 2. The predicted octanol–water partition coefficient (Wildman–Crippen LogP) is 3.60. The van der Waals surface area contributed by atoms with Crippen molar-refractivity contribution < 1.29 is 19.1 Å². The Morgan fingerprint density at radius 3 is 2.74 bits per heavy atom. The average Bonchev–Trinajstić information content (AvgIpc) is 3.05. The SMILES string of the molecule is COc1ccc(C)cc1NC(=O)[C@@H](C)OC(=O)Cc1c[nH]c2ccccc12. The van der Waals surface area contributed by atoms with Crippen LogP contribution in [0, 0.1) is 6.92 Å². The molecule has 0 radical (unpaired) electrons. The largest absolute Gasteiger partial charge is 0.495 e. The number of methoxy groups -OCH3 is 1. The fraction of sp³-hybridized carbons (Fsp3) is 0.238. The van der Waals surface area contributed by atoms with Gasteiger partial charge in [-0.25, -0.2) is 0 Å². The molecule has 2 aromatic carbocycles. The van der Waals surface area contributed by atoms with E-state index in [-0.39, 0.29) is 6.42 Å². The average molecular weight is 366 g/mol. The Morgan fingerprint density at radius 1 is 1.19 bits per heavy atom. The first-order chi connectivity index (χ1) is 13.0. The number of aromatic amines is 1. The van der Waals surface area contributed by atoms with Crippen molar-refractivity contribution >= 4 is 28.5 Å². The lowest BCUT2D eigenvalue weighted by atomic mass is 10.1. The number of aryl methyl sites for hydroxylation is 1. The molecule has 6 heteroatoms. The highest BCUT2D eigenvalue weighted by Crippen LogP contribution is 2.25. The number of benzene rings is 2. The Balaban J connectivity index is 1.62. The first-order valence-corrected chi connectivity index (χ1v) is 8.68. The second-order valence-electron chi connectivity index (χ2n) is 6.36. The standard InChI is InChI=1S/C21H22N2O4/c1-13-8-9-19(26-3)18(10-13)23-21(25)14(2)27-20(24)11-15-12-22-17-7-5-4-6-16(15)17/h4-10,12,14,22H,11H2,1-3H3,(H,23,25)/t14-/m1/s1. The summed E-state index contributed by atoms with van der Waals surface area (Å²) < 4.78 is 10.6. The summed E-state index contributed by atoms with van der Waals surface area (Å²) in [4.78, 5) is 27.8. The van der Waals surface area contributed by atoms with Crippen LogP contribution in [0.5, 0.6) is 5.75 Å². The zero-order valence-corrected chi connectivity index (χ0v) is 15.5. The third kappa shape index (κ3) is 4.28. The molecule has 0 saturated heterocycles. The van der Waals surface area contributed by atoms with Crippen LogP contribution in [0.2, 0.25) is 0 Å². The second kappa shape index (κ2) is 7.95. The van der Waals surface area contributed by atoms with Crippen LogP contribution in [-0.4, -0.2) is 30.1 Å². The van der Waals surface area contributed by atoms with E-state index in [1.54, 1.807) is 25.3 Å². The number of esters is 1. The zero-order valence-electron chi connectivity index (χ0n) is 15.5. The molecule has 0 spiro atoms. The fourth-order valence-electron chi connectivity index (χ4n) is 2.88. The molecule has 0 saturated carbocycles. The van der Waals surface area contributed by atoms with Crippen LogP contribution in [0.15, 0.2) is 48.7 Å². The minimum absolute atomic E-state index is 0.0927. The Morgan fingerprint density at radius 2 is 1.96 bits per heavy atom. The van der Waals surface area contributed by atoms with Gasteiger partial charge in [-0.1, -0.05) is 24.3 Å². The van der Waals surface area contributed by atoms with E-state index in [0.717, 1.165) is 22.0 Å². The first kappa shape index (κ1) is 18.5. The summed E-state index contributed by atoms with van der Waals surface area (Å²) in [5.41, 5.74) is 3.32. The van der Waals surface area contributed by atoms with Crippen molar-refractivity contribution in [3.63, 3.8) is 0 Å². The van der Waals surface area contributed by atoms with Crippen molar-refractivity contribution in [3.05, 3.63) is 59.8 Å². The van der Waals surface area contributed by atoms with Gasteiger partial charge in [0, 0.05) is 17.1 Å². The summed E-state index contributed by atoms with van der Waals surface area (Å²) in [7, 11) is 1.53. The monoisotopic (exact) mass is 366 g/mol. The van der Waals surface area contributed by atoms with Gasteiger partial charge in [0.1, 0.15) is 5.75 Å². The number of anilines is 1. The van der Waals surface area contributed by atoms with E-state index in [1.165, 1.54) is 7.11 Å². The van der Waals surface area contributed by atoms with Crippen LogP contribution in [0.25, 0.3) is 10.9 Å². The molecule has 0 aliphatic heterocycles. The highest BCUT2D eigenvalue weighted by atomic mass is 16.5. The molecule has 3 rings (SSSR count). The molecule has 0 fully saturated rings. The van der Waals surface area contributed by atoms with Gasteiger partial charge in [-0.05, 0) is 43.2 Å². The van der Waals surface area contributed by atoms with Gasteiger partial charge in [-0.15, -0.1) is 0 Å². The third-order valence-corrected chi connectivity index (χ3v) is 4.30. The molecule has 3 aromatic rings. The fourth-order valence-corrected chi connectivity index (χ4v) is 2.88. The van der Waals surface area contributed by atoms with E-state index < -0.39 is 18.0 Å². The highest BCUT2D eigenvalue weighted by Gasteiger charge is 2.20. The van der Waals surface area contributed by atoms with Crippen LogP contribution < -0.4 is 10.1 Å². The first-order valence-electron chi connectivity index (χ1n) is 8.68. The summed E-state index contributed by atoms with van der Waals surface area (Å²) in [5.74, 6) is -0.323. The molecule has 1 aromatic heterocycles. The summed E-state index contributed by atoms with van der Waals surface area (Å²) >= 11 is 0. The van der Waals surface area contributed by atoms with Gasteiger partial charge in [-0.3, -0.25) is 9.59 Å². The Labute approximate surface area is 157 Å². The van der Waals surface area contributed by atoms with Gasteiger partial charge in [0.05, 0.1) is 19.2 Å². The number of hydrogen-bond acceptors (Lipinski definition) is 4. The van der Waals surface area contributed by atoms with E-state index in [9.17, 15) is 9.59 Å². The number of nitrogens with one attached hydrogen (secondary N) is 2. The molecular formula is C21H22N2O4. The van der Waals surface area contributed by atoms with Crippen LogP contribution in [0.3, 0.4) is 0 Å². The van der Waals surface area contributed by atoms with Crippen LogP contribution in [0.1, 0.15) is 18.1 Å². The van der Waals surface area contributed by atoms with Crippen molar-refractivity contribution in [2.24, 2.45) is 0 Å². The van der Waals surface area contributed by atoms with Crippen molar-refractivity contribution in [2.45, 2.75) is 26.4 Å². The minimum Gasteiger partial charge on any atom is -0.495 e. The van der Waals surface area contributed by atoms with Crippen LogP contribution in [0.4, 0.5) is 5.69 Å². The molecular weight excluding hydrogens is 344 g/mol. The molecule has 0 unspecified atom stereocenters. The quantitative estimate of drug-likeness (QED) is 0.653. The molecule has 6 nitrogen and oxygen atoms in total. The van der Waals surface area contributed by atoms with Crippen molar-refractivity contribution in [3.8, 4) is 5.75 Å². The van der Waals surface area contributed by atoms with E-state index in [0.29, 0.717) is 11.4 Å². The van der Waals surface area contributed by atoms with Gasteiger partial charge < -0.3 is 19.8 Å². The lowest BCUT2D eigenvalue weighted by Crippen LogP contribution is -2.30. The van der Waals surface area contributed by atoms with Gasteiger partial charge in [-0.2, -0.15) is 0 Å². The van der Waals surface area contributed by atoms with E-state index in [2.05, 4.69) is 10.3 Å². The molecule has 0 bridgehead atoms. The summed E-state index contributed by atoms with van der Waals surface area (Å²) in [5, 5.41) is 3.72. The number of rotatable bonds is 6. The maximum atomic E-state index is 12.4. The number of carbonyl (C=O) groups excluding carboxylic acids is 2. The summed E-state index contributed by atoms with van der Waals surface area (Å²) in [6.07, 6.45) is 0.955. The molecule has 0 aliphatic carbocycles.